The number of methoxy groups -OCH3 is 1. The third-order valence-corrected chi connectivity index (χ3v) is 5.09. The predicted molar refractivity (Wildman–Crippen MR) is 103 cm³/mol. The second-order valence-electron chi connectivity index (χ2n) is 6.74. The van der Waals surface area contributed by atoms with Gasteiger partial charge in [0.1, 0.15) is 18.0 Å². The molecule has 1 amide bonds. The Labute approximate surface area is 172 Å². The minimum Gasteiger partial charge on any atom is -0.485 e. The highest BCUT2D eigenvalue weighted by Crippen LogP contribution is 2.26. The second kappa shape index (κ2) is 9.22. The molecule has 1 saturated heterocycles. The lowest BCUT2D eigenvalue weighted by molar-refractivity contribution is -0.150. The number of amides is 1. The summed E-state index contributed by atoms with van der Waals surface area (Å²) in [5, 5.41) is -0.0121. The lowest BCUT2D eigenvalue weighted by Gasteiger charge is -2.22. The van der Waals surface area contributed by atoms with Gasteiger partial charge in [0.2, 0.25) is 5.91 Å². The van der Waals surface area contributed by atoms with Crippen LogP contribution in [0.5, 0.6) is 5.75 Å². The molecule has 0 saturated carbocycles. The molecule has 0 radical (unpaired) electrons. The average molecular weight is 424 g/mol. The van der Waals surface area contributed by atoms with E-state index in [1.165, 1.54) is 36.3 Å². The van der Waals surface area contributed by atoms with Crippen molar-refractivity contribution in [1.82, 2.24) is 4.90 Å². The molecule has 0 spiro atoms. The topological polar surface area (TPSA) is 55.8 Å². The number of likely N-dealkylation sites (tertiary alicyclic amines) is 1. The molecule has 1 heterocycles. The summed E-state index contributed by atoms with van der Waals surface area (Å²) >= 11 is 5.77. The number of hydrogen-bond acceptors (Lipinski definition) is 4. The fourth-order valence-corrected chi connectivity index (χ4v) is 3.53. The summed E-state index contributed by atoms with van der Waals surface area (Å²) in [6.45, 7) is 0.136. The Morgan fingerprint density at radius 2 is 1.93 bits per heavy atom. The minimum atomic E-state index is -0.805. The summed E-state index contributed by atoms with van der Waals surface area (Å²) < 4.78 is 37.6. The molecule has 1 fully saturated rings. The summed E-state index contributed by atoms with van der Waals surface area (Å²) in [5.74, 6) is -1.81. The van der Waals surface area contributed by atoms with Crippen LogP contribution in [-0.4, -0.2) is 42.6 Å². The molecule has 2 atom stereocenters. The molecule has 1 aliphatic heterocycles. The molecule has 0 aliphatic carbocycles. The van der Waals surface area contributed by atoms with Gasteiger partial charge >= 0.3 is 5.97 Å². The Hall–Kier alpha value is -2.67. The van der Waals surface area contributed by atoms with Crippen molar-refractivity contribution in [2.45, 2.75) is 31.4 Å². The van der Waals surface area contributed by atoms with E-state index in [0.29, 0.717) is 12.0 Å². The van der Waals surface area contributed by atoms with E-state index < -0.39 is 29.7 Å². The number of carbonyl (C=O) groups is 2. The SMILES string of the molecule is COC(=O)C1CC(Oc2ccccc2F)CN1C(=O)CCc1ccc(F)c(Cl)c1. The Morgan fingerprint density at radius 1 is 1.17 bits per heavy atom. The standard InChI is InChI=1S/C21H20ClF2NO4/c1-28-21(27)18-11-14(29-19-5-3-2-4-17(19)24)12-25(18)20(26)9-7-13-6-8-16(23)15(22)10-13/h2-6,8,10,14,18H,7,9,11-12H2,1H3. The van der Waals surface area contributed by atoms with E-state index in [0.717, 1.165) is 0 Å². The fourth-order valence-electron chi connectivity index (χ4n) is 3.33. The number of aryl methyl sites for hydroxylation is 1. The van der Waals surface area contributed by atoms with Crippen molar-refractivity contribution in [3.63, 3.8) is 0 Å². The maximum atomic E-state index is 13.9. The molecule has 5 nitrogen and oxygen atoms in total. The molecule has 1 aliphatic rings. The number of benzene rings is 2. The zero-order valence-corrected chi connectivity index (χ0v) is 16.5. The van der Waals surface area contributed by atoms with Crippen molar-refractivity contribution in [2.24, 2.45) is 0 Å². The predicted octanol–water partition coefficient (Wildman–Crippen LogP) is 3.77. The van der Waals surface area contributed by atoms with E-state index in [1.54, 1.807) is 18.2 Å². The molecule has 2 aromatic rings. The number of esters is 1. The molecule has 154 valence electrons. The molecule has 29 heavy (non-hydrogen) atoms. The van der Waals surface area contributed by atoms with Crippen LogP contribution in [-0.2, 0) is 20.7 Å². The second-order valence-corrected chi connectivity index (χ2v) is 7.15. The van der Waals surface area contributed by atoms with E-state index >= 15 is 0 Å². The van der Waals surface area contributed by atoms with Gasteiger partial charge in [0, 0.05) is 12.8 Å². The van der Waals surface area contributed by atoms with Crippen LogP contribution >= 0.6 is 11.6 Å². The number of halogens is 3. The maximum absolute atomic E-state index is 13.9. The van der Waals surface area contributed by atoms with Gasteiger partial charge in [-0.3, -0.25) is 4.79 Å². The summed E-state index contributed by atoms with van der Waals surface area (Å²) in [7, 11) is 1.25. The molecular weight excluding hydrogens is 404 g/mol. The quantitative estimate of drug-likeness (QED) is 0.664. The first kappa shape index (κ1) is 21.0. The number of para-hydroxylation sites is 1. The normalized spacial score (nSPS) is 18.6. The van der Waals surface area contributed by atoms with Crippen molar-refractivity contribution in [2.75, 3.05) is 13.7 Å². The van der Waals surface area contributed by atoms with E-state index in [9.17, 15) is 18.4 Å². The van der Waals surface area contributed by atoms with Gasteiger partial charge < -0.3 is 14.4 Å². The van der Waals surface area contributed by atoms with Crippen LogP contribution in [0.15, 0.2) is 42.5 Å². The first-order valence-electron chi connectivity index (χ1n) is 9.11. The van der Waals surface area contributed by atoms with E-state index in [1.807, 2.05) is 0 Å². The van der Waals surface area contributed by atoms with Crippen LogP contribution in [0.1, 0.15) is 18.4 Å². The first-order valence-corrected chi connectivity index (χ1v) is 9.49. The molecule has 3 rings (SSSR count). The number of ether oxygens (including phenoxy) is 2. The third-order valence-electron chi connectivity index (χ3n) is 4.80. The van der Waals surface area contributed by atoms with Crippen molar-refractivity contribution >= 4 is 23.5 Å². The minimum absolute atomic E-state index is 0.0121. The smallest absolute Gasteiger partial charge is 0.328 e. The Morgan fingerprint density at radius 3 is 2.62 bits per heavy atom. The Bertz CT molecular complexity index is 908. The van der Waals surface area contributed by atoms with Crippen LogP contribution < -0.4 is 4.74 Å². The Balaban J connectivity index is 1.67. The van der Waals surface area contributed by atoms with Crippen LogP contribution in [0, 0.1) is 11.6 Å². The van der Waals surface area contributed by atoms with Gasteiger partial charge in [0.15, 0.2) is 11.6 Å². The highest BCUT2D eigenvalue weighted by atomic mass is 35.5. The number of hydrogen-bond donors (Lipinski definition) is 0. The van der Waals surface area contributed by atoms with Crippen molar-refractivity contribution in [1.29, 1.82) is 0 Å². The summed E-state index contributed by atoms with van der Waals surface area (Å²) in [5.41, 5.74) is 0.706. The van der Waals surface area contributed by atoms with Crippen LogP contribution in [0.4, 0.5) is 8.78 Å². The molecule has 0 aromatic heterocycles. The van der Waals surface area contributed by atoms with Gasteiger partial charge in [0.05, 0.1) is 18.7 Å². The first-order chi connectivity index (χ1) is 13.9. The number of carbonyl (C=O) groups excluding carboxylic acids is 2. The zero-order chi connectivity index (χ0) is 21.0. The monoisotopic (exact) mass is 423 g/mol. The molecule has 0 N–H and O–H groups in total. The molecular formula is C21H20ClF2NO4. The van der Waals surface area contributed by atoms with Gasteiger partial charge in [-0.1, -0.05) is 29.8 Å². The highest BCUT2D eigenvalue weighted by Gasteiger charge is 2.41. The number of nitrogens with zero attached hydrogens (tertiary/aromatic N) is 1. The zero-order valence-electron chi connectivity index (χ0n) is 15.7. The fraction of sp³-hybridized carbons (Fsp3) is 0.333. The summed E-state index contributed by atoms with van der Waals surface area (Å²) in [4.78, 5) is 26.3. The van der Waals surface area contributed by atoms with E-state index in [4.69, 9.17) is 21.1 Å². The lowest BCUT2D eigenvalue weighted by atomic mass is 10.1. The molecule has 8 heteroatoms. The Kier molecular flexibility index (Phi) is 6.69. The van der Waals surface area contributed by atoms with Gasteiger partial charge in [-0.05, 0) is 36.2 Å². The van der Waals surface area contributed by atoms with Gasteiger partial charge in [-0.15, -0.1) is 0 Å². The summed E-state index contributed by atoms with van der Waals surface area (Å²) in [6.07, 6.45) is 0.0965. The molecule has 2 unspecified atom stereocenters. The molecule has 0 bridgehead atoms. The third kappa shape index (κ3) is 5.03. The van der Waals surface area contributed by atoms with Gasteiger partial charge in [-0.2, -0.15) is 0 Å². The van der Waals surface area contributed by atoms with Gasteiger partial charge in [-0.25, -0.2) is 13.6 Å². The highest BCUT2D eigenvalue weighted by molar-refractivity contribution is 6.30. The van der Waals surface area contributed by atoms with Gasteiger partial charge in [0.25, 0.3) is 0 Å². The van der Waals surface area contributed by atoms with E-state index in [2.05, 4.69) is 0 Å². The lowest BCUT2D eigenvalue weighted by Crippen LogP contribution is -2.41. The van der Waals surface area contributed by atoms with Crippen molar-refractivity contribution in [3.05, 3.63) is 64.7 Å². The largest absolute Gasteiger partial charge is 0.485 e. The van der Waals surface area contributed by atoms with E-state index in [-0.39, 0.29) is 36.1 Å². The van der Waals surface area contributed by atoms with Crippen molar-refractivity contribution in [3.8, 4) is 5.75 Å². The molecule has 2 aromatic carbocycles. The maximum Gasteiger partial charge on any atom is 0.328 e. The van der Waals surface area contributed by atoms with Crippen LogP contribution in [0.2, 0.25) is 5.02 Å². The van der Waals surface area contributed by atoms with Crippen LogP contribution in [0.3, 0.4) is 0 Å². The van der Waals surface area contributed by atoms with Crippen molar-refractivity contribution < 1.29 is 27.8 Å². The van der Waals surface area contributed by atoms with Crippen LogP contribution in [0.25, 0.3) is 0 Å². The summed E-state index contributed by atoms with van der Waals surface area (Å²) in [6, 6.07) is 9.42. The average Bonchev–Trinajstić information content (AvgIpc) is 3.14. The number of rotatable bonds is 6.